The number of amides is 1. The predicted octanol–water partition coefficient (Wildman–Crippen LogP) is 5.37. The topological polar surface area (TPSA) is 84.9 Å². The zero-order valence-corrected chi connectivity index (χ0v) is 23.4. The Morgan fingerprint density at radius 1 is 1.15 bits per heavy atom. The van der Waals surface area contributed by atoms with Gasteiger partial charge in [0, 0.05) is 17.0 Å². The number of carbonyl (C=O) groups excluding carboxylic acids is 1. The number of alkyl carbamates (subject to hydrolysis) is 1. The van der Waals surface area contributed by atoms with Crippen LogP contribution in [0.15, 0.2) is 24.3 Å². The Morgan fingerprint density at radius 2 is 1.71 bits per heavy atom. The van der Waals surface area contributed by atoms with E-state index in [4.69, 9.17) is 20.5 Å². The zero-order chi connectivity index (χ0) is 26.0. The summed E-state index contributed by atoms with van der Waals surface area (Å²) < 4.78 is 33.3. The van der Waals surface area contributed by atoms with E-state index >= 15 is 0 Å². The summed E-state index contributed by atoms with van der Waals surface area (Å²) in [6, 6.07) is 7.57. The molecular formula is C25H43ClN2O5S. The lowest BCUT2D eigenvalue weighted by atomic mass is 9.68. The first-order chi connectivity index (χ1) is 15.7. The van der Waals surface area contributed by atoms with Crippen molar-refractivity contribution in [2.75, 3.05) is 32.4 Å². The minimum absolute atomic E-state index is 0.339. The summed E-state index contributed by atoms with van der Waals surface area (Å²) in [5.74, 6) is 0. The van der Waals surface area contributed by atoms with Crippen molar-refractivity contribution in [3.8, 4) is 0 Å². The van der Waals surface area contributed by atoms with E-state index in [0.29, 0.717) is 37.3 Å². The third kappa shape index (κ3) is 11.4. The van der Waals surface area contributed by atoms with Gasteiger partial charge in [-0.15, -0.1) is 0 Å². The van der Waals surface area contributed by atoms with Crippen LogP contribution in [0.5, 0.6) is 0 Å². The van der Waals surface area contributed by atoms with Gasteiger partial charge < -0.3 is 15.0 Å². The van der Waals surface area contributed by atoms with E-state index in [0.717, 1.165) is 11.8 Å². The van der Waals surface area contributed by atoms with Crippen molar-refractivity contribution < 1.29 is 22.1 Å². The van der Waals surface area contributed by atoms with Gasteiger partial charge in [0.1, 0.15) is 5.60 Å². The van der Waals surface area contributed by atoms with Crippen molar-refractivity contribution in [1.82, 2.24) is 10.2 Å². The summed E-state index contributed by atoms with van der Waals surface area (Å²) in [6.07, 6.45) is 2.75. The maximum atomic E-state index is 12.1. The minimum atomic E-state index is -3.49. The fourth-order valence-corrected chi connectivity index (χ4v) is 4.98. The molecule has 0 aromatic heterocycles. The van der Waals surface area contributed by atoms with E-state index < -0.39 is 21.8 Å². The number of carbonyl (C=O) groups is 1. The van der Waals surface area contributed by atoms with Crippen LogP contribution in [0.2, 0.25) is 5.02 Å². The molecule has 1 aromatic carbocycles. The molecule has 1 aliphatic rings. The Kier molecular flexibility index (Phi) is 12.3. The summed E-state index contributed by atoms with van der Waals surface area (Å²) in [6.45, 7) is 15.9. The van der Waals surface area contributed by atoms with Gasteiger partial charge in [0.25, 0.3) is 10.1 Å². The molecule has 0 radical (unpaired) electrons. The monoisotopic (exact) mass is 518 g/mol. The summed E-state index contributed by atoms with van der Waals surface area (Å²) in [5, 5.41) is 3.49. The second-order valence-electron chi connectivity index (χ2n) is 9.77. The van der Waals surface area contributed by atoms with Crippen molar-refractivity contribution >= 4 is 27.8 Å². The largest absolute Gasteiger partial charge is 0.444 e. The fraction of sp³-hybridized carbons (Fsp3) is 0.720. The van der Waals surface area contributed by atoms with Gasteiger partial charge in [-0.1, -0.05) is 44.5 Å². The summed E-state index contributed by atoms with van der Waals surface area (Å²) >= 11 is 6.18. The number of rotatable bonds is 8. The van der Waals surface area contributed by atoms with Crippen LogP contribution in [0.25, 0.3) is 0 Å². The smallest absolute Gasteiger partial charge is 0.407 e. The molecule has 0 unspecified atom stereocenters. The SMILES string of the molecule is CC(C)(C)OC(=O)NCC1(c2cccc(Cl)c2)CCC(OS(C)(=O)=O)CC1.CCN(CC)CC. The predicted molar refractivity (Wildman–Crippen MR) is 139 cm³/mol. The Morgan fingerprint density at radius 3 is 2.12 bits per heavy atom. The molecule has 1 aliphatic carbocycles. The van der Waals surface area contributed by atoms with Gasteiger partial charge in [-0.05, 0) is 83.8 Å². The van der Waals surface area contributed by atoms with E-state index in [1.807, 2.05) is 39.0 Å². The first kappa shape index (κ1) is 30.7. The van der Waals surface area contributed by atoms with Crippen LogP contribution in [0.1, 0.15) is 72.8 Å². The molecule has 0 aliphatic heterocycles. The third-order valence-electron chi connectivity index (χ3n) is 5.95. The normalized spacial score (nSPS) is 20.9. The first-order valence-corrected chi connectivity index (χ1v) is 14.3. The molecule has 0 heterocycles. The van der Waals surface area contributed by atoms with Crippen LogP contribution in [0, 0.1) is 0 Å². The van der Waals surface area contributed by atoms with Gasteiger partial charge in [0.15, 0.2) is 0 Å². The molecule has 1 saturated carbocycles. The highest BCUT2D eigenvalue weighted by Gasteiger charge is 2.39. The molecule has 0 atom stereocenters. The Labute approximate surface area is 211 Å². The van der Waals surface area contributed by atoms with Gasteiger partial charge in [0.2, 0.25) is 0 Å². The lowest BCUT2D eigenvalue weighted by Gasteiger charge is -2.40. The molecule has 0 spiro atoms. The Bertz CT molecular complexity index is 853. The molecular weight excluding hydrogens is 476 g/mol. The number of ether oxygens (including phenoxy) is 1. The van der Waals surface area contributed by atoms with Crippen molar-refractivity contribution in [3.05, 3.63) is 34.9 Å². The van der Waals surface area contributed by atoms with Crippen molar-refractivity contribution in [2.24, 2.45) is 0 Å². The number of hydrogen-bond acceptors (Lipinski definition) is 6. The highest BCUT2D eigenvalue weighted by Crippen LogP contribution is 2.41. The maximum absolute atomic E-state index is 12.1. The van der Waals surface area contributed by atoms with Crippen LogP contribution in [0.4, 0.5) is 4.79 Å². The van der Waals surface area contributed by atoms with Crippen LogP contribution in [-0.2, 0) is 24.5 Å². The van der Waals surface area contributed by atoms with E-state index in [2.05, 4.69) is 31.0 Å². The van der Waals surface area contributed by atoms with Gasteiger partial charge in [-0.3, -0.25) is 4.18 Å². The van der Waals surface area contributed by atoms with Crippen LogP contribution < -0.4 is 5.32 Å². The second-order valence-corrected chi connectivity index (χ2v) is 11.8. The quantitative estimate of drug-likeness (QED) is 0.466. The highest BCUT2D eigenvalue weighted by atomic mass is 35.5. The molecule has 1 amide bonds. The Hall–Kier alpha value is -1.35. The van der Waals surface area contributed by atoms with Gasteiger partial charge in [-0.25, -0.2) is 4.79 Å². The van der Waals surface area contributed by atoms with Crippen LogP contribution in [0.3, 0.4) is 0 Å². The Balaban J connectivity index is 0.000000718. The van der Waals surface area contributed by atoms with Crippen molar-refractivity contribution in [2.45, 2.75) is 84.3 Å². The molecule has 9 heteroatoms. The average Bonchev–Trinajstić information content (AvgIpc) is 2.73. The summed E-state index contributed by atoms with van der Waals surface area (Å²) in [7, 11) is -3.49. The van der Waals surface area contributed by atoms with Crippen LogP contribution in [-0.4, -0.2) is 63.6 Å². The fourth-order valence-electron chi connectivity index (χ4n) is 4.10. The molecule has 0 saturated heterocycles. The molecule has 196 valence electrons. The lowest BCUT2D eigenvalue weighted by molar-refractivity contribution is 0.0496. The van der Waals surface area contributed by atoms with Gasteiger partial charge in [0.05, 0.1) is 12.4 Å². The molecule has 2 rings (SSSR count). The first-order valence-electron chi connectivity index (χ1n) is 12.1. The lowest BCUT2D eigenvalue weighted by Crippen LogP contribution is -2.45. The number of benzene rings is 1. The molecule has 0 bridgehead atoms. The van der Waals surface area contributed by atoms with E-state index in [-0.39, 0.29) is 11.5 Å². The zero-order valence-electron chi connectivity index (χ0n) is 21.8. The number of nitrogens with one attached hydrogen (secondary N) is 1. The van der Waals surface area contributed by atoms with Crippen molar-refractivity contribution in [1.29, 1.82) is 0 Å². The molecule has 1 aromatic rings. The van der Waals surface area contributed by atoms with Crippen LogP contribution >= 0.6 is 11.6 Å². The van der Waals surface area contributed by atoms with Crippen molar-refractivity contribution in [3.63, 3.8) is 0 Å². The number of nitrogens with zero attached hydrogens (tertiary/aromatic N) is 1. The molecule has 1 fully saturated rings. The van der Waals surface area contributed by atoms with E-state index in [9.17, 15) is 13.2 Å². The molecule has 1 N–H and O–H groups in total. The highest BCUT2D eigenvalue weighted by molar-refractivity contribution is 7.86. The summed E-state index contributed by atoms with van der Waals surface area (Å²) in [5.41, 5.74) is 0.0943. The summed E-state index contributed by atoms with van der Waals surface area (Å²) in [4.78, 5) is 14.5. The maximum Gasteiger partial charge on any atom is 0.407 e. The minimum Gasteiger partial charge on any atom is -0.444 e. The second kappa shape index (κ2) is 13.7. The molecule has 7 nitrogen and oxygen atoms in total. The van der Waals surface area contributed by atoms with Gasteiger partial charge >= 0.3 is 6.09 Å². The van der Waals surface area contributed by atoms with E-state index in [1.54, 1.807) is 6.07 Å². The standard InChI is InChI=1S/C19H28ClNO5S.C6H15N/c1-18(2,3)25-17(22)21-13-19(14-6-5-7-15(20)12-14)10-8-16(9-11-19)26-27(4,23)24;1-4-7(5-2)6-3/h5-7,12,16H,8-11,13H2,1-4H3,(H,21,22);4-6H2,1-3H3. The van der Waals surface area contributed by atoms with Gasteiger partial charge in [-0.2, -0.15) is 8.42 Å². The number of hydrogen-bond donors (Lipinski definition) is 1. The van der Waals surface area contributed by atoms with E-state index in [1.165, 1.54) is 19.6 Å². The average molecular weight is 519 g/mol. The molecule has 34 heavy (non-hydrogen) atoms. The number of halogens is 1. The third-order valence-corrected chi connectivity index (χ3v) is 6.81.